The molecule has 1 heterocycles. The topological polar surface area (TPSA) is 22.1 Å². The molecule has 6 rings (SSSR count). The highest BCUT2D eigenvalue weighted by Gasteiger charge is 2.15. The molecule has 1 aliphatic carbocycles. The van der Waals surface area contributed by atoms with Crippen LogP contribution in [0.3, 0.4) is 0 Å². The zero-order valence-corrected chi connectivity index (χ0v) is 16.2. The van der Waals surface area contributed by atoms with Crippen LogP contribution in [0, 0.1) is 0 Å². The number of fused-ring (bicyclic) bond motifs is 6. The maximum absolute atomic E-state index is 6.25. The molecule has 0 unspecified atom stereocenters. The second kappa shape index (κ2) is 6.59. The van der Waals surface area contributed by atoms with Crippen molar-refractivity contribution in [3.05, 3.63) is 90.0 Å². The van der Waals surface area contributed by atoms with E-state index < -0.39 is 0 Å². The van der Waals surface area contributed by atoms with Crippen LogP contribution in [0.1, 0.15) is 24.0 Å². The predicted octanol–water partition coefficient (Wildman–Crippen LogP) is 7.21. The number of pyridine rings is 1. The molecule has 0 aliphatic heterocycles. The van der Waals surface area contributed by atoms with E-state index in [1.54, 1.807) is 0 Å². The predicted molar refractivity (Wildman–Crippen MR) is 120 cm³/mol. The standard InChI is InChI=1S/C27H21NO/c1-3-8-20-18(6-1)12-14-23-21-9-5-11-26(24(21)16-15-22(20)23)29-27-17-13-19-7-2-4-10-25(19)28-27/h2,4-5,7,9-17H,1,3,6,8H2. The summed E-state index contributed by atoms with van der Waals surface area (Å²) in [7, 11) is 0. The third-order valence-electron chi connectivity index (χ3n) is 6.14. The van der Waals surface area contributed by atoms with E-state index in [4.69, 9.17) is 4.74 Å². The van der Waals surface area contributed by atoms with Crippen molar-refractivity contribution in [1.29, 1.82) is 0 Å². The van der Waals surface area contributed by atoms with E-state index in [9.17, 15) is 0 Å². The number of hydrogen-bond acceptors (Lipinski definition) is 2. The van der Waals surface area contributed by atoms with E-state index in [1.165, 1.54) is 53.0 Å². The van der Waals surface area contributed by atoms with Crippen LogP contribution in [0.2, 0.25) is 0 Å². The highest BCUT2D eigenvalue weighted by atomic mass is 16.5. The molecule has 5 aromatic rings. The van der Waals surface area contributed by atoms with Gasteiger partial charge in [0.2, 0.25) is 5.88 Å². The molecule has 0 N–H and O–H groups in total. The Balaban J connectivity index is 1.49. The first-order chi connectivity index (χ1) is 14.4. The number of ether oxygens (including phenoxy) is 1. The second-order valence-electron chi connectivity index (χ2n) is 7.87. The Bertz CT molecular complexity index is 1390. The van der Waals surface area contributed by atoms with E-state index in [2.05, 4.69) is 53.5 Å². The van der Waals surface area contributed by atoms with Gasteiger partial charge in [0.1, 0.15) is 5.75 Å². The van der Waals surface area contributed by atoms with Crippen LogP contribution in [0.25, 0.3) is 32.4 Å². The van der Waals surface area contributed by atoms with Gasteiger partial charge in [-0.3, -0.25) is 0 Å². The largest absolute Gasteiger partial charge is 0.438 e. The first kappa shape index (κ1) is 16.6. The van der Waals surface area contributed by atoms with Crippen molar-refractivity contribution in [2.24, 2.45) is 0 Å². The molecule has 0 spiro atoms. The van der Waals surface area contributed by atoms with Crippen LogP contribution in [0.4, 0.5) is 0 Å². The lowest BCUT2D eigenvalue weighted by Gasteiger charge is -2.19. The van der Waals surface area contributed by atoms with Crippen molar-refractivity contribution in [2.75, 3.05) is 0 Å². The van der Waals surface area contributed by atoms with Gasteiger partial charge in [-0.1, -0.05) is 48.5 Å². The highest BCUT2D eigenvalue weighted by molar-refractivity contribution is 6.10. The lowest BCUT2D eigenvalue weighted by molar-refractivity contribution is 0.470. The molecule has 140 valence electrons. The number of para-hydroxylation sites is 1. The van der Waals surface area contributed by atoms with E-state index in [1.807, 2.05) is 30.3 Å². The first-order valence-corrected chi connectivity index (χ1v) is 10.4. The molecule has 0 bridgehead atoms. The molecule has 4 aromatic carbocycles. The molecule has 0 radical (unpaired) electrons. The number of benzene rings is 4. The summed E-state index contributed by atoms with van der Waals surface area (Å²) >= 11 is 0. The molecular formula is C27H21NO. The molecule has 1 aliphatic rings. The Kier molecular flexibility index (Phi) is 3.76. The molecule has 0 saturated carbocycles. The van der Waals surface area contributed by atoms with Gasteiger partial charge >= 0.3 is 0 Å². The fourth-order valence-electron chi connectivity index (χ4n) is 4.71. The van der Waals surface area contributed by atoms with Gasteiger partial charge in [-0.25, -0.2) is 4.98 Å². The average molecular weight is 375 g/mol. The third-order valence-corrected chi connectivity index (χ3v) is 6.14. The van der Waals surface area contributed by atoms with Gasteiger partial charge in [-0.15, -0.1) is 0 Å². The normalized spacial score (nSPS) is 13.7. The monoisotopic (exact) mass is 375 g/mol. The zero-order valence-electron chi connectivity index (χ0n) is 16.2. The van der Waals surface area contributed by atoms with Gasteiger partial charge < -0.3 is 4.74 Å². The maximum Gasteiger partial charge on any atom is 0.219 e. The Morgan fingerprint density at radius 2 is 1.45 bits per heavy atom. The third kappa shape index (κ3) is 2.75. The van der Waals surface area contributed by atoms with Crippen molar-refractivity contribution in [2.45, 2.75) is 25.7 Å². The molecule has 0 amide bonds. The van der Waals surface area contributed by atoms with Crippen molar-refractivity contribution in [3.8, 4) is 11.6 Å². The van der Waals surface area contributed by atoms with E-state index in [0.717, 1.165) is 22.0 Å². The summed E-state index contributed by atoms with van der Waals surface area (Å²) in [5.74, 6) is 1.48. The van der Waals surface area contributed by atoms with Crippen molar-refractivity contribution in [1.82, 2.24) is 4.98 Å². The minimum atomic E-state index is 0.627. The van der Waals surface area contributed by atoms with Gasteiger partial charge in [-0.05, 0) is 77.2 Å². The molecule has 1 aromatic heterocycles. The summed E-state index contributed by atoms with van der Waals surface area (Å²) in [4.78, 5) is 4.68. The van der Waals surface area contributed by atoms with Gasteiger partial charge in [0.25, 0.3) is 0 Å². The van der Waals surface area contributed by atoms with Crippen LogP contribution in [0.5, 0.6) is 11.6 Å². The molecule has 0 saturated heterocycles. The summed E-state index contributed by atoms with van der Waals surface area (Å²) in [5, 5.41) is 6.21. The Hall–Kier alpha value is -3.39. The summed E-state index contributed by atoms with van der Waals surface area (Å²) in [5.41, 5.74) is 4.01. The quantitative estimate of drug-likeness (QED) is 0.304. The van der Waals surface area contributed by atoms with Crippen LogP contribution in [-0.4, -0.2) is 4.98 Å². The van der Waals surface area contributed by atoms with Crippen molar-refractivity contribution in [3.63, 3.8) is 0 Å². The summed E-state index contributed by atoms with van der Waals surface area (Å²) in [6.07, 6.45) is 5.00. The number of hydrogen-bond donors (Lipinski definition) is 0. The summed E-state index contributed by atoms with van der Waals surface area (Å²) < 4.78 is 6.25. The average Bonchev–Trinajstić information content (AvgIpc) is 2.79. The molecule has 0 fully saturated rings. The highest BCUT2D eigenvalue weighted by Crippen LogP contribution is 2.37. The molecule has 0 atom stereocenters. The van der Waals surface area contributed by atoms with Crippen LogP contribution in [-0.2, 0) is 12.8 Å². The van der Waals surface area contributed by atoms with Crippen molar-refractivity contribution < 1.29 is 4.74 Å². The lowest BCUT2D eigenvalue weighted by Crippen LogP contribution is -2.03. The van der Waals surface area contributed by atoms with Gasteiger partial charge in [-0.2, -0.15) is 0 Å². The Morgan fingerprint density at radius 3 is 2.45 bits per heavy atom. The Morgan fingerprint density at radius 1 is 0.621 bits per heavy atom. The van der Waals surface area contributed by atoms with E-state index in [0.29, 0.717) is 5.88 Å². The minimum Gasteiger partial charge on any atom is -0.438 e. The number of nitrogens with zero attached hydrogens (tertiary/aromatic N) is 1. The fraction of sp³-hybridized carbons (Fsp3) is 0.148. The van der Waals surface area contributed by atoms with Crippen LogP contribution >= 0.6 is 0 Å². The van der Waals surface area contributed by atoms with E-state index >= 15 is 0 Å². The minimum absolute atomic E-state index is 0.627. The smallest absolute Gasteiger partial charge is 0.219 e. The van der Waals surface area contributed by atoms with Gasteiger partial charge in [0.15, 0.2) is 0 Å². The van der Waals surface area contributed by atoms with Crippen LogP contribution in [0.15, 0.2) is 78.9 Å². The molecule has 29 heavy (non-hydrogen) atoms. The summed E-state index contributed by atoms with van der Waals surface area (Å²) in [6, 6.07) is 27.5. The SMILES string of the molecule is c1ccc2nc(Oc3cccc4c3ccc3c5c(ccc34)CCCC5)ccc2c1. The second-order valence-corrected chi connectivity index (χ2v) is 7.87. The van der Waals surface area contributed by atoms with Gasteiger partial charge in [0, 0.05) is 16.8 Å². The first-order valence-electron chi connectivity index (χ1n) is 10.4. The number of aromatic nitrogens is 1. The summed E-state index contributed by atoms with van der Waals surface area (Å²) in [6.45, 7) is 0. The Labute approximate surface area is 169 Å². The van der Waals surface area contributed by atoms with Gasteiger partial charge in [0.05, 0.1) is 5.52 Å². The molecule has 2 heteroatoms. The van der Waals surface area contributed by atoms with Crippen LogP contribution < -0.4 is 4.74 Å². The fourth-order valence-corrected chi connectivity index (χ4v) is 4.71. The number of aryl methyl sites for hydroxylation is 2. The lowest BCUT2D eigenvalue weighted by atomic mass is 9.86. The van der Waals surface area contributed by atoms with E-state index in [-0.39, 0.29) is 0 Å². The zero-order chi connectivity index (χ0) is 19.2. The number of rotatable bonds is 2. The maximum atomic E-state index is 6.25. The molecular weight excluding hydrogens is 354 g/mol. The molecule has 2 nitrogen and oxygen atoms in total. The van der Waals surface area contributed by atoms with Crippen molar-refractivity contribution >= 4 is 32.4 Å².